The fraction of sp³-hybridized carbons (Fsp3) is 0.0714. The molecule has 0 radical (unpaired) electrons. The van der Waals surface area contributed by atoms with Crippen LogP contribution in [0.2, 0.25) is 0 Å². The van der Waals surface area contributed by atoms with Crippen molar-refractivity contribution >= 4 is 27.8 Å². The molecule has 1 heterocycles. The zero-order valence-electron chi connectivity index (χ0n) is 9.97. The highest BCUT2D eigenvalue weighted by atomic mass is 79.9. The summed E-state index contributed by atoms with van der Waals surface area (Å²) in [6.45, 7) is 0.285. The predicted molar refractivity (Wildman–Crippen MR) is 77.9 cm³/mol. The number of hydrogen-bond donors (Lipinski definition) is 1. The van der Waals surface area contributed by atoms with E-state index in [-0.39, 0.29) is 6.79 Å². The molecule has 4 nitrogen and oxygen atoms in total. The molecule has 0 aliphatic carbocycles. The van der Waals surface area contributed by atoms with Gasteiger partial charge in [0.1, 0.15) is 0 Å². The Morgan fingerprint density at radius 2 is 1.84 bits per heavy atom. The average molecular weight is 319 g/mol. The van der Waals surface area contributed by atoms with Crippen LogP contribution in [0, 0.1) is 0 Å². The molecule has 2 aromatic carbocycles. The standard InChI is InChI=1S/C14H11BrN2O2/c15-11-2-4-12(5-3-11)17-16-8-10-1-6-13-14(7-10)19-9-18-13/h1-8,17H,9H2/b16-8+. The van der Waals surface area contributed by atoms with Crippen LogP contribution < -0.4 is 14.9 Å². The van der Waals surface area contributed by atoms with E-state index < -0.39 is 0 Å². The zero-order chi connectivity index (χ0) is 13.1. The van der Waals surface area contributed by atoms with E-state index in [0.717, 1.165) is 27.2 Å². The highest BCUT2D eigenvalue weighted by Crippen LogP contribution is 2.31. The first-order valence-corrected chi connectivity index (χ1v) is 6.55. The van der Waals surface area contributed by atoms with Crippen LogP contribution in [0.4, 0.5) is 5.69 Å². The number of ether oxygens (including phenoxy) is 2. The molecule has 2 aromatic rings. The van der Waals surface area contributed by atoms with Gasteiger partial charge in [0.05, 0.1) is 11.9 Å². The van der Waals surface area contributed by atoms with E-state index in [9.17, 15) is 0 Å². The van der Waals surface area contributed by atoms with Gasteiger partial charge in [0.15, 0.2) is 11.5 Å². The molecule has 19 heavy (non-hydrogen) atoms. The average Bonchev–Trinajstić information content (AvgIpc) is 2.88. The Morgan fingerprint density at radius 3 is 2.68 bits per heavy atom. The number of fused-ring (bicyclic) bond motifs is 1. The molecule has 3 rings (SSSR count). The van der Waals surface area contributed by atoms with Gasteiger partial charge >= 0.3 is 0 Å². The molecule has 96 valence electrons. The first-order valence-electron chi connectivity index (χ1n) is 5.75. The van der Waals surface area contributed by atoms with Crippen molar-refractivity contribution in [2.24, 2.45) is 5.10 Å². The van der Waals surface area contributed by atoms with Crippen LogP contribution in [0.25, 0.3) is 0 Å². The molecule has 0 unspecified atom stereocenters. The van der Waals surface area contributed by atoms with Crippen molar-refractivity contribution in [1.29, 1.82) is 0 Å². The smallest absolute Gasteiger partial charge is 0.231 e. The van der Waals surface area contributed by atoms with Crippen molar-refractivity contribution in [2.45, 2.75) is 0 Å². The van der Waals surface area contributed by atoms with E-state index in [0.29, 0.717) is 0 Å². The van der Waals surface area contributed by atoms with E-state index in [1.807, 2.05) is 42.5 Å². The highest BCUT2D eigenvalue weighted by molar-refractivity contribution is 9.10. The summed E-state index contributed by atoms with van der Waals surface area (Å²) >= 11 is 3.39. The lowest BCUT2D eigenvalue weighted by Gasteiger charge is -2.00. The number of hydrazone groups is 1. The Hall–Kier alpha value is -2.01. The molecule has 1 aliphatic rings. The summed E-state index contributed by atoms with van der Waals surface area (Å²) in [7, 11) is 0. The Balaban J connectivity index is 1.67. The normalized spacial score (nSPS) is 12.9. The summed E-state index contributed by atoms with van der Waals surface area (Å²) in [5.74, 6) is 1.53. The molecule has 1 aliphatic heterocycles. The van der Waals surface area contributed by atoms with Crippen LogP contribution in [0.5, 0.6) is 11.5 Å². The summed E-state index contributed by atoms with van der Waals surface area (Å²) in [4.78, 5) is 0. The number of benzene rings is 2. The number of nitrogens with one attached hydrogen (secondary N) is 1. The number of hydrogen-bond acceptors (Lipinski definition) is 4. The first-order chi connectivity index (χ1) is 9.31. The van der Waals surface area contributed by atoms with Crippen LogP contribution >= 0.6 is 15.9 Å². The zero-order valence-corrected chi connectivity index (χ0v) is 11.6. The predicted octanol–water partition coefficient (Wildman–Crippen LogP) is 3.62. The van der Waals surface area contributed by atoms with Gasteiger partial charge in [0.25, 0.3) is 0 Å². The SMILES string of the molecule is Brc1ccc(N/N=C/c2ccc3c(c2)OCO3)cc1. The molecule has 0 atom stereocenters. The minimum absolute atomic E-state index is 0.285. The topological polar surface area (TPSA) is 42.9 Å². The summed E-state index contributed by atoms with van der Waals surface area (Å²) in [5, 5.41) is 4.18. The number of halogens is 1. The van der Waals surface area contributed by atoms with E-state index in [4.69, 9.17) is 9.47 Å². The quantitative estimate of drug-likeness (QED) is 0.694. The lowest BCUT2D eigenvalue weighted by atomic mass is 10.2. The molecule has 0 saturated heterocycles. The van der Waals surface area contributed by atoms with Crippen LogP contribution in [-0.4, -0.2) is 13.0 Å². The molecule has 0 fully saturated rings. The molecule has 0 bridgehead atoms. The van der Waals surface area contributed by atoms with Gasteiger partial charge in [-0.05, 0) is 48.0 Å². The Labute approximate surface area is 119 Å². The van der Waals surface area contributed by atoms with Crippen molar-refractivity contribution in [3.63, 3.8) is 0 Å². The van der Waals surface area contributed by atoms with Gasteiger partial charge in [0.2, 0.25) is 6.79 Å². The van der Waals surface area contributed by atoms with E-state index in [1.54, 1.807) is 6.21 Å². The second-order valence-corrected chi connectivity index (χ2v) is 4.91. The molecule has 5 heteroatoms. The van der Waals surface area contributed by atoms with Gasteiger partial charge in [-0.3, -0.25) is 5.43 Å². The van der Waals surface area contributed by atoms with Gasteiger partial charge in [0, 0.05) is 4.47 Å². The van der Waals surface area contributed by atoms with E-state index in [2.05, 4.69) is 26.5 Å². The van der Waals surface area contributed by atoms with Gasteiger partial charge in [-0.25, -0.2) is 0 Å². The van der Waals surface area contributed by atoms with Gasteiger partial charge in [-0.1, -0.05) is 15.9 Å². The van der Waals surface area contributed by atoms with Crippen molar-refractivity contribution in [2.75, 3.05) is 12.2 Å². The van der Waals surface area contributed by atoms with Gasteiger partial charge < -0.3 is 9.47 Å². The van der Waals surface area contributed by atoms with Crippen LogP contribution in [0.3, 0.4) is 0 Å². The fourth-order valence-corrected chi connectivity index (χ4v) is 1.96. The maximum absolute atomic E-state index is 5.31. The molecule has 0 saturated carbocycles. The third-order valence-corrected chi connectivity index (χ3v) is 3.18. The Bertz CT molecular complexity index is 611. The maximum atomic E-state index is 5.31. The fourth-order valence-electron chi connectivity index (χ4n) is 1.70. The Kier molecular flexibility index (Phi) is 3.37. The molecule has 0 amide bonds. The third-order valence-electron chi connectivity index (χ3n) is 2.65. The van der Waals surface area contributed by atoms with Crippen LogP contribution in [0.1, 0.15) is 5.56 Å². The van der Waals surface area contributed by atoms with Crippen LogP contribution in [0.15, 0.2) is 52.0 Å². The van der Waals surface area contributed by atoms with E-state index in [1.165, 1.54) is 0 Å². The number of anilines is 1. The van der Waals surface area contributed by atoms with Crippen molar-refractivity contribution < 1.29 is 9.47 Å². The molecule has 1 N–H and O–H groups in total. The summed E-state index contributed by atoms with van der Waals surface area (Å²) in [6.07, 6.45) is 1.74. The van der Waals surface area contributed by atoms with Gasteiger partial charge in [-0.15, -0.1) is 0 Å². The summed E-state index contributed by atoms with van der Waals surface area (Å²) < 4.78 is 11.6. The lowest BCUT2D eigenvalue weighted by Crippen LogP contribution is -1.93. The second-order valence-electron chi connectivity index (χ2n) is 3.99. The third kappa shape index (κ3) is 2.88. The largest absolute Gasteiger partial charge is 0.454 e. The maximum Gasteiger partial charge on any atom is 0.231 e. The number of nitrogens with zero attached hydrogens (tertiary/aromatic N) is 1. The minimum atomic E-state index is 0.285. The van der Waals surface area contributed by atoms with Crippen molar-refractivity contribution in [3.05, 3.63) is 52.5 Å². The van der Waals surface area contributed by atoms with Crippen LogP contribution in [-0.2, 0) is 0 Å². The van der Waals surface area contributed by atoms with Gasteiger partial charge in [-0.2, -0.15) is 5.10 Å². The summed E-state index contributed by atoms with van der Waals surface area (Å²) in [5.41, 5.74) is 4.85. The molecular weight excluding hydrogens is 308 g/mol. The highest BCUT2D eigenvalue weighted by Gasteiger charge is 2.12. The minimum Gasteiger partial charge on any atom is -0.454 e. The van der Waals surface area contributed by atoms with Crippen molar-refractivity contribution in [1.82, 2.24) is 0 Å². The summed E-state index contributed by atoms with van der Waals surface area (Å²) in [6, 6.07) is 13.5. The molecule has 0 spiro atoms. The Morgan fingerprint density at radius 1 is 1.05 bits per heavy atom. The van der Waals surface area contributed by atoms with E-state index >= 15 is 0 Å². The number of rotatable bonds is 3. The molecule has 0 aromatic heterocycles. The monoisotopic (exact) mass is 318 g/mol. The second kappa shape index (κ2) is 5.32. The lowest BCUT2D eigenvalue weighted by molar-refractivity contribution is 0.174. The molecular formula is C14H11BrN2O2. The van der Waals surface area contributed by atoms with Crippen molar-refractivity contribution in [3.8, 4) is 11.5 Å². The first kappa shape index (κ1) is 12.0.